The summed E-state index contributed by atoms with van der Waals surface area (Å²) in [6.07, 6.45) is 2.87. The number of urea groups is 1. The molecule has 0 saturated carbocycles. The molecule has 1 atom stereocenters. The number of hydrogen-bond donors (Lipinski definition) is 5. The molecule has 0 aliphatic heterocycles. The summed E-state index contributed by atoms with van der Waals surface area (Å²) in [5.41, 5.74) is 14.0. The number of rotatable bonds is 8. The molecule has 0 spiro atoms. The number of amides is 3. The molecule has 0 unspecified atom stereocenters. The van der Waals surface area contributed by atoms with Gasteiger partial charge in [-0.15, -0.1) is 0 Å². The minimum Gasteiger partial charge on any atom is -0.359 e. The van der Waals surface area contributed by atoms with Crippen molar-refractivity contribution in [2.75, 3.05) is 17.2 Å². The molecule has 1 aliphatic carbocycles. The number of anilines is 2. The van der Waals surface area contributed by atoms with Crippen molar-refractivity contribution in [3.05, 3.63) is 83.6 Å². The second-order valence-corrected chi connectivity index (χ2v) is 9.38. The van der Waals surface area contributed by atoms with Gasteiger partial charge >= 0.3 is 6.03 Å². The number of fused-ring (bicyclic) bond motifs is 4. The number of aryl methyl sites for hydroxylation is 1. The van der Waals surface area contributed by atoms with E-state index in [-0.39, 0.29) is 5.91 Å². The van der Waals surface area contributed by atoms with E-state index in [9.17, 15) is 9.59 Å². The quantitative estimate of drug-likeness (QED) is 0.194. The van der Waals surface area contributed by atoms with Gasteiger partial charge in [0.15, 0.2) is 0 Å². The standard InChI is InChI=1S/C29H31N5O2/c1-18-14-21-17-22(10-12-26(21)31-18)32-28(35)27(8-4-5-13-30)34-29(36)33-23-9-11-25-20(16-23)15-19-6-2-3-7-24(19)25/h2-3,6-7,9-12,14,16-17,27,31H,4-5,8,13,15,30H2,1H3,(H,32,35)(H2,33,34,36)/t27-/m0/s1. The summed E-state index contributed by atoms with van der Waals surface area (Å²) in [5.74, 6) is -0.252. The molecule has 3 amide bonds. The average Bonchev–Trinajstić information content (AvgIpc) is 3.41. The first kappa shape index (κ1) is 23.6. The monoisotopic (exact) mass is 481 g/mol. The van der Waals surface area contributed by atoms with E-state index in [0.717, 1.165) is 35.9 Å². The maximum absolute atomic E-state index is 13.1. The Hall–Kier alpha value is -4.10. The molecule has 3 aromatic carbocycles. The molecule has 36 heavy (non-hydrogen) atoms. The van der Waals surface area contributed by atoms with Gasteiger partial charge in [0.25, 0.3) is 0 Å². The predicted octanol–water partition coefficient (Wildman–Crippen LogP) is 5.31. The maximum Gasteiger partial charge on any atom is 0.319 e. The van der Waals surface area contributed by atoms with Gasteiger partial charge in [0.2, 0.25) is 5.91 Å². The molecular weight excluding hydrogens is 450 g/mol. The number of aromatic amines is 1. The first-order valence-corrected chi connectivity index (χ1v) is 12.4. The van der Waals surface area contributed by atoms with Crippen molar-refractivity contribution in [1.82, 2.24) is 10.3 Å². The summed E-state index contributed by atoms with van der Waals surface area (Å²) in [7, 11) is 0. The molecule has 1 aliphatic rings. The highest BCUT2D eigenvalue weighted by Crippen LogP contribution is 2.37. The molecule has 5 rings (SSSR count). The molecule has 7 nitrogen and oxygen atoms in total. The number of nitrogens with one attached hydrogen (secondary N) is 4. The Morgan fingerprint density at radius 2 is 1.69 bits per heavy atom. The van der Waals surface area contributed by atoms with Gasteiger partial charge in [0, 0.05) is 28.0 Å². The molecule has 184 valence electrons. The topological polar surface area (TPSA) is 112 Å². The zero-order chi connectivity index (χ0) is 25.1. The zero-order valence-corrected chi connectivity index (χ0v) is 20.4. The van der Waals surface area contributed by atoms with Gasteiger partial charge < -0.3 is 26.7 Å². The largest absolute Gasteiger partial charge is 0.359 e. The number of carbonyl (C=O) groups excluding carboxylic acids is 2. The van der Waals surface area contributed by atoms with Crippen LogP contribution in [-0.2, 0) is 11.2 Å². The van der Waals surface area contributed by atoms with E-state index in [0.29, 0.717) is 24.3 Å². The van der Waals surface area contributed by atoms with Crippen molar-refractivity contribution in [2.45, 2.75) is 38.6 Å². The lowest BCUT2D eigenvalue weighted by atomic mass is 10.1. The molecule has 0 saturated heterocycles. The van der Waals surface area contributed by atoms with E-state index in [1.165, 1.54) is 22.3 Å². The summed E-state index contributed by atoms with van der Waals surface area (Å²) >= 11 is 0. The minimum atomic E-state index is -0.682. The minimum absolute atomic E-state index is 0.252. The van der Waals surface area contributed by atoms with Gasteiger partial charge in [0.05, 0.1) is 0 Å². The van der Waals surface area contributed by atoms with Crippen molar-refractivity contribution >= 4 is 34.2 Å². The van der Waals surface area contributed by atoms with Crippen LogP contribution in [0.5, 0.6) is 0 Å². The first-order valence-electron chi connectivity index (χ1n) is 12.4. The second kappa shape index (κ2) is 10.3. The first-order chi connectivity index (χ1) is 17.5. The highest BCUT2D eigenvalue weighted by molar-refractivity contribution is 6.00. The fourth-order valence-electron chi connectivity index (χ4n) is 4.89. The lowest BCUT2D eigenvalue weighted by Gasteiger charge is -2.19. The highest BCUT2D eigenvalue weighted by atomic mass is 16.2. The summed E-state index contributed by atoms with van der Waals surface area (Å²) in [4.78, 5) is 29.3. The number of benzene rings is 3. The third-order valence-electron chi connectivity index (χ3n) is 6.64. The lowest BCUT2D eigenvalue weighted by Crippen LogP contribution is -2.45. The molecule has 7 heteroatoms. The number of unbranched alkanes of at least 4 members (excludes halogenated alkanes) is 1. The fourth-order valence-corrected chi connectivity index (χ4v) is 4.89. The SMILES string of the molecule is Cc1cc2cc(NC(=O)[C@H](CCCCN)NC(=O)Nc3ccc4c(c3)Cc3ccccc3-4)ccc2[nH]1. The lowest BCUT2D eigenvalue weighted by molar-refractivity contribution is -0.118. The van der Waals surface area contributed by atoms with E-state index < -0.39 is 12.1 Å². The Balaban J connectivity index is 1.25. The van der Waals surface area contributed by atoms with Gasteiger partial charge in [-0.05, 0) is 97.8 Å². The summed E-state index contributed by atoms with van der Waals surface area (Å²) in [6.45, 7) is 2.54. The van der Waals surface area contributed by atoms with Crippen LogP contribution >= 0.6 is 0 Å². The molecular formula is C29H31N5O2. The van der Waals surface area contributed by atoms with Gasteiger partial charge in [-0.25, -0.2) is 4.79 Å². The van der Waals surface area contributed by atoms with Crippen LogP contribution < -0.4 is 21.7 Å². The zero-order valence-electron chi connectivity index (χ0n) is 20.4. The maximum atomic E-state index is 13.1. The molecule has 6 N–H and O–H groups in total. The van der Waals surface area contributed by atoms with Crippen LogP contribution in [0.4, 0.5) is 16.2 Å². The van der Waals surface area contributed by atoms with E-state index in [1.54, 1.807) is 0 Å². The van der Waals surface area contributed by atoms with Crippen molar-refractivity contribution in [1.29, 1.82) is 0 Å². The Morgan fingerprint density at radius 3 is 2.56 bits per heavy atom. The van der Waals surface area contributed by atoms with Crippen molar-refractivity contribution < 1.29 is 9.59 Å². The fraction of sp³-hybridized carbons (Fsp3) is 0.241. The molecule has 1 heterocycles. The van der Waals surface area contributed by atoms with Crippen LogP contribution in [0.3, 0.4) is 0 Å². The van der Waals surface area contributed by atoms with Gasteiger partial charge in [-0.2, -0.15) is 0 Å². The Morgan fingerprint density at radius 1 is 0.917 bits per heavy atom. The van der Waals surface area contributed by atoms with Crippen molar-refractivity contribution in [3.8, 4) is 11.1 Å². The van der Waals surface area contributed by atoms with E-state index in [4.69, 9.17) is 5.73 Å². The molecule has 4 aromatic rings. The molecule has 0 radical (unpaired) electrons. The van der Waals surface area contributed by atoms with E-state index in [1.807, 2.05) is 61.5 Å². The number of nitrogens with two attached hydrogens (primary N) is 1. The second-order valence-electron chi connectivity index (χ2n) is 9.38. The number of aromatic nitrogens is 1. The summed E-state index contributed by atoms with van der Waals surface area (Å²) in [6, 6.07) is 21.0. The third kappa shape index (κ3) is 5.11. The molecule has 0 bridgehead atoms. The van der Waals surface area contributed by atoms with Crippen LogP contribution in [0.2, 0.25) is 0 Å². The Bertz CT molecular complexity index is 1420. The van der Waals surface area contributed by atoms with Crippen LogP contribution in [0.25, 0.3) is 22.0 Å². The predicted molar refractivity (Wildman–Crippen MR) is 145 cm³/mol. The van der Waals surface area contributed by atoms with Crippen LogP contribution in [-0.4, -0.2) is 29.5 Å². The molecule has 1 aromatic heterocycles. The summed E-state index contributed by atoms with van der Waals surface area (Å²) in [5, 5.41) is 9.75. The molecule has 0 fully saturated rings. The van der Waals surface area contributed by atoms with Gasteiger partial charge in [-0.3, -0.25) is 4.79 Å². The summed E-state index contributed by atoms with van der Waals surface area (Å²) < 4.78 is 0. The van der Waals surface area contributed by atoms with E-state index in [2.05, 4.69) is 33.1 Å². The van der Waals surface area contributed by atoms with E-state index >= 15 is 0 Å². The van der Waals surface area contributed by atoms with Crippen LogP contribution in [0.15, 0.2) is 66.7 Å². The van der Waals surface area contributed by atoms with Crippen LogP contribution in [0, 0.1) is 6.92 Å². The van der Waals surface area contributed by atoms with Gasteiger partial charge in [0.1, 0.15) is 6.04 Å². The third-order valence-corrected chi connectivity index (χ3v) is 6.64. The normalized spacial score (nSPS) is 12.6. The highest BCUT2D eigenvalue weighted by Gasteiger charge is 2.22. The van der Waals surface area contributed by atoms with Crippen molar-refractivity contribution in [3.63, 3.8) is 0 Å². The van der Waals surface area contributed by atoms with Gasteiger partial charge in [-0.1, -0.05) is 30.3 Å². The Kier molecular flexibility index (Phi) is 6.73. The number of H-pyrrole nitrogens is 1. The van der Waals surface area contributed by atoms with Crippen LogP contribution in [0.1, 0.15) is 36.1 Å². The van der Waals surface area contributed by atoms with Crippen molar-refractivity contribution in [2.24, 2.45) is 5.73 Å². The average molecular weight is 482 g/mol. The number of carbonyl (C=O) groups is 2. The Labute approximate surface area is 210 Å². The number of hydrogen-bond acceptors (Lipinski definition) is 3. The smallest absolute Gasteiger partial charge is 0.319 e.